The fourth-order valence-electron chi connectivity index (χ4n) is 1.57. The standard InChI is InChI=1S/C9H8BrNO2/c10-8-5-6-3-1-2-4-7(6)11(8)9(12)13/h1-4,8H,5H2,(H,12,13). The molecule has 0 bridgehead atoms. The molecule has 0 radical (unpaired) electrons. The van der Waals surface area contributed by atoms with Gasteiger partial charge in [0.25, 0.3) is 0 Å². The lowest BCUT2D eigenvalue weighted by Crippen LogP contribution is -2.32. The summed E-state index contributed by atoms with van der Waals surface area (Å²) in [5, 5.41) is 8.93. The Bertz CT molecular complexity index is 353. The Balaban J connectivity index is 2.46. The van der Waals surface area contributed by atoms with E-state index in [4.69, 9.17) is 5.11 Å². The van der Waals surface area contributed by atoms with Crippen LogP contribution in [0.4, 0.5) is 10.5 Å². The SMILES string of the molecule is O=C(O)N1c2ccccc2CC1Br. The van der Waals surface area contributed by atoms with Gasteiger partial charge in [0.15, 0.2) is 0 Å². The van der Waals surface area contributed by atoms with Gasteiger partial charge in [-0.1, -0.05) is 34.1 Å². The highest BCUT2D eigenvalue weighted by molar-refractivity contribution is 9.09. The number of rotatable bonds is 0. The minimum Gasteiger partial charge on any atom is -0.465 e. The van der Waals surface area contributed by atoms with E-state index in [1.165, 1.54) is 4.90 Å². The number of carbonyl (C=O) groups is 1. The maximum atomic E-state index is 10.9. The molecule has 1 heterocycles. The Hall–Kier alpha value is -1.03. The summed E-state index contributed by atoms with van der Waals surface area (Å²) in [6, 6.07) is 7.54. The molecular formula is C9H8BrNO2. The molecule has 0 saturated carbocycles. The van der Waals surface area contributed by atoms with Gasteiger partial charge in [0, 0.05) is 6.42 Å². The highest BCUT2D eigenvalue weighted by Crippen LogP contribution is 2.34. The van der Waals surface area contributed by atoms with Crippen LogP contribution in [0.25, 0.3) is 0 Å². The first-order chi connectivity index (χ1) is 6.20. The molecule has 1 aromatic rings. The van der Waals surface area contributed by atoms with Crippen molar-refractivity contribution >= 4 is 27.7 Å². The van der Waals surface area contributed by atoms with Crippen LogP contribution in [0, 0.1) is 0 Å². The molecule has 0 spiro atoms. The molecule has 1 atom stereocenters. The van der Waals surface area contributed by atoms with E-state index in [9.17, 15) is 4.79 Å². The van der Waals surface area contributed by atoms with Crippen LogP contribution in [-0.2, 0) is 6.42 Å². The monoisotopic (exact) mass is 241 g/mol. The van der Waals surface area contributed by atoms with E-state index in [2.05, 4.69) is 15.9 Å². The summed E-state index contributed by atoms with van der Waals surface area (Å²) >= 11 is 3.33. The zero-order valence-electron chi connectivity index (χ0n) is 6.77. The number of fused-ring (bicyclic) bond motifs is 1. The van der Waals surface area contributed by atoms with E-state index >= 15 is 0 Å². The molecule has 1 aliphatic rings. The lowest BCUT2D eigenvalue weighted by atomic mass is 10.2. The Kier molecular flexibility index (Phi) is 2.00. The van der Waals surface area contributed by atoms with Crippen molar-refractivity contribution in [2.24, 2.45) is 0 Å². The van der Waals surface area contributed by atoms with Crippen LogP contribution >= 0.6 is 15.9 Å². The number of alkyl halides is 1. The number of anilines is 1. The van der Waals surface area contributed by atoms with E-state index < -0.39 is 6.09 Å². The lowest BCUT2D eigenvalue weighted by molar-refractivity contribution is 0.202. The third-order valence-electron chi connectivity index (χ3n) is 2.13. The summed E-state index contributed by atoms with van der Waals surface area (Å²) in [6.07, 6.45) is -0.172. The molecule has 2 rings (SSSR count). The van der Waals surface area contributed by atoms with Crippen LogP contribution in [-0.4, -0.2) is 16.2 Å². The summed E-state index contributed by atoms with van der Waals surface area (Å²) in [7, 11) is 0. The van der Waals surface area contributed by atoms with E-state index in [-0.39, 0.29) is 4.95 Å². The molecule has 1 N–H and O–H groups in total. The van der Waals surface area contributed by atoms with Crippen molar-refractivity contribution in [3.05, 3.63) is 29.8 Å². The quantitative estimate of drug-likeness (QED) is 0.560. The fraction of sp³-hybridized carbons (Fsp3) is 0.222. The molecule has 13 heavy (non-hydrogen) atoms. The Morgan fingerprint density at radius 2 is 2.23 bits per heavy atom. The molecule has 68 valence electrons. The van der Waals surface area contributed by atoms with Crippen LogP contribution in [0.5, 0.6) is 0 Å². The molecule has 1 aliphatic heterocycles. The van der Waals surface area contributed by atoms with Crippen LogP contribution in [0.3, 0.4) is 0 Å². The van der Waals surface area contributed by atoms with Crippen molar-refractivity contribution in [2.75, 3.05) is 4.90 Å². The van der Waals surface area contributed by atoms with Crippen LogP contribution in [0.15, 0.2) is 24.3 Å². The van der Waals surface area contributed by atoms with Gasteiger partial charge >= 0.3 is 6.09 Å². The molecule has 1 unspecified atom stereocenters. The molecule has 0 saturated heterocycles. The summed E-state index contributed by atoms with van der Waals surface area (Å²) in [5.41, 5.74) is 1.86. The number of nitrogens with zero attached hydrogens (tertiary/aromatic N) is 1. The fourth-order valence-corrected chi connectivity index (χ4v) is 2.31. The van der Waals surface area contributed by atoms with Gasteiger partial charge < -0.3 is 5.11 Å². The van der Waals surface area contributed by atoms with Crippen molar-refractivity contribution < 1.29 is 9.90 Å². The molecule has 3 nitrogen and oxygen atoms in total. The van der Waals surface area contributed by atoms with Crippen LogP contribution < -0.4 is 4.90 Å². The second kappa shape index (κ2) is 3.03. The predicted molar refractivity (Wildman–Crippen MR) is 53.4 cm³/mol. The van der Waals surface area contributed by atoms with Crippen molar-refractivity contribution in [2.45, 2.75) is 11.4 Å². The summed E-state index contributed by atoms with van der Waals surface area (Å²) in [4.78, 5) is 12.1. The number of hydrogen-bond acceptors (Lipinski definition) is 1. The number of para-hydroxylation sites is 1. The van der Waals surface area contributed by atoms with E-state index in [1.807, 2.05) is 24.3 Å². The highest BCUT2D eigenvalue weighted by atomic mass is 79.9. The maximum Gasteiger partial charge on any atom is 0.412 e. The van der Waals surface area contributed by atoms with E-state index in [0.29, 0.717) is 0 Å². The molecule has 0 fully saturated rings. The first-order valence-corrected chi connectivity index (χ1v) is 4.86. The molecular weight excluding hydrogens is 234 g/mol. The molecule has 0 aliphatic carbocycles. The zero-order chi connectivity index (χ0) is 9.42. The smallest absolute Gasteiger partial charge is 0.412 e. The number of hydrogen-bond donors (Lipinski definition) is 1. The normalized spacial score (nSPS) is 20.1. The third-order valence-corrected chi connectivity index (χ3v) is 2.86. The first-order valence-electron chi connectivity index (χ1n) is 3.94. The average molecular weight is 242 g/mol. The second-order valence-corrected chi connectivity index (χ2v) is 3.98. The summed E-state index contributed by atoms with van der Waals surface area (Å²) in [6.45, 7) is 0. The van der Waals surface area contributed by atoms with Crippen LogP contribution in [0.2, 0.25) is 0 Å². The van der Waals surface area contributed by atoms with Gasteiger partial charge in [0.1, 0.15) is 0 Å². The van der Waals surface area contributed by atoms with Gasteiger partial charge in [0.2, 0.25) is 0 Å². The highest BCUT2D eigenvalue weighted by Gasteiger charge is 2.31. The largest absolute Gasteiger partial charge is 0.465 e. The van der Waals surface area contributed by atoms with Gasteiger partial charge in [-0.15, -0.1) is 0 Å². The van der Waals surface area contributed by atoms with Gasteiger partial charge in [-0.25, -0.2) is 4.79 Å². The second-order valence-electron chi connectivity index (χ2n) is 2.92. The van der Waals surface area contributed by atoms with Gasteiger partial charge in [0.05, 0.1) is 10.6 Å². The number of halogens is 1. The van der Waals surface area contributed by atoms with Crippen molar-refractivity contribution in [3.63, 3.8) is 0 Å². The van der Waals surface area contributed by atoms with Crippen LogP contribution in [0.1, 0.15) is 5.56 Å². The van der Waals surface area contributed by atoms with Crippen molar-refractivity contribution in [3.8, 4) is 0 Å². The Morgan fingerprint density at radius 3 is 2.92 bits per heavy atom. The van der Waals surface area contributed by atoms with E-state index in [1.54, 1.807) is 0 Å². The minimum atomic E-state index is -0.910. The molecule has 0 aromatic heterocycles. The van der Waals surface area contributed by atoms with Crippen molar-refractivity contribution in [1.82, 2.24) is 0 Å². The number of carboxylic acid groups (broad SMARTS) is 1. The summed E-state index contributed by atoms with van der Waals surface area (Å²) < 4.78 is 0. The maximum absolute atomic E-state index is 10.9. The summed E-state index contributed by atoms with van der Waals surface area (Å²) in [5.74, 6) is 0. The van der Waals surface area contributed by atoms with E-state index in [0.717, 1.165) is 17.7 Å². The van der Waals surface area contributed by atoms with Gasteiger partial charge in [-0.3, -0.25) is 4.90 Å². The minimum absolute atomic E-state index is 0.123. The third kappa shape index (κ3) is 1.31. The molecule has 1 amide bonds. The predicted octanol–water partition coefficient (Wildman–Crippen LogP) is 2.45. The molecule has 1 aromatic carbocycles. The Labute approximate surface area is 84.1 Å². The zero-order valence-corrected chi connectivity index (χ0v) is 8.36. The first kappa shape index (κ1) is 8.56. The van der Waals surface area contributed by atoms with Crippen molar-refractivity contribution in [1.29, 1.82) is 0 Å². The number of benzene rings is 1. The van der Waals surface area contributed by atoms with Gasteiger partial charge in [-0.2, -0.15) is 0 Å². The number of amides is 1. The van der Waals surface area contributed by atoms with Gasteiger partial charge in [-0.05, 0) is 11.6 Å². The average Bonchev–Trinajstić information content (AvgIpc) is 2.39. The lowest BCUT2D eigenvalue weighted by Gasteiger charge is -2.16. The molecule has 4 heteroatoms. The Morgan fingerprint density at radius 1 is 1.54 bits per heavy atom. The topological polar surface area (TPSA) is 40.5 Å².